The van der Waals surface area contributed by atoms with Crippen LogP contribution in [0.25, 0.3) is 10.2 Å². The van der Waals surface area contributed by atoms with Crippen molar-refractivity contribution in [1.29, 1.82) is 0 Å². The molecule has 1 aromatic carbocycles. The van der Waals surface area contributed by atoms with Crippen LogP contribution in [0.3, 0.4) is 0 Å². The molecular formula is C17H15N3O4S. The number of hydrogen-bond donors (Lipinski definition) is 0. The van der Waals surface area contributed by atoms with Gasteiger partial charge in [0.1, 0.15) is 5.01 Å². The summed E-state index contributed by atoms with van der Waals surface area (Å²) >= 11 is 1.51. The summed E-state index contributed by atoms with van der Waals surface area (Å²) in [6.07, 6.45) is 1.19. The molecule has 0 N–H and O–H groups in total. The fraction of sp³-hybridized carbons (Fsp3) is 0.176. The maximum atomic E-state index is 12.1. The fourth-order valence-electron chi connectivity index (χ4n) is 2.18. The van der Waals surface area contributed by atoms with Crippen LogP contribution in [-0.4, -0.2) is 35.4 Å². The Balaban J connectivity index is 1.57. The number of rotatable bonds is 5. The number of amides is 1. The van der Waals surface area contributed by atoms with Gasteiger partial charge in [-0.05, 0) is 18.2 Å². The quantitative estimate of drug-likeness (QED) is 0.394. The molecule has 2 aromatic heterocycles. The highest BCUT2D eigenvalue weighted by Gasteiger charge is 2.20. The van der Waals surface area contributed by atoms with E-state index in [1.807, 2.05) is 24.3 Å². The average Bonchev–Trinajstić information content (AvgIpc) is 3.01. The first-order valence-corrected chi connectivity index (χ1v) is 8.30. The topological polar surface area (TPSA) is 86.4 Å². The number of thiazole rings is 1. The van der Waals surface area contributed by atoms with Crippen LogP contribution in [0, 0.1) is 5.21 Å². The van der Waals surface area contributed by atoms with Crippen molar-refractivity contribution in [2.75, 3.05) is 13.7 Å². The zero-order valence-electron chi connectivity index (χ0n) is 13.4. The van der Waals surface area contributed by atoms with E-state index in [4.69, 9.17) is 4.74 Å². The number of carbonyl (C=O) groups is 2. The maximum Gasteiger partial charge on any atom is 0.405 e. The van der Waals surface area contributed by atoms with Crippen LogP contribution in [0.2, 0.25) is 0 Å². The Bertz CT molecular complexity index is 892. The molecule has 0 unspecified atom stereocenters. The van der Waals surface area contributed by atoms with Crippen molar-refractivity contribution in [3.05, 3.63) is 64.6 Å². The molecule has 0 fully saturated rings. The van der Waals surface area contributed by atoms with Crippen LogP contribution in [0.1, 0.15) is 15.5 Å². The number of esters is 1. The molecule has 0 aliphatic rings. The zero-order chi connectivity index (χ0) is 17.8. The van der Waals surface area contributed by atoms with Gasteiger partial charge in [0.15, 0.2) is 12.8 Å². The third kappa shape index (κ3) is 3.92. The van der Waals surface area contributed by atoms with Gasteiger partial charge in [0.2, 0.25) is 0 Å². The minimum Gasteiger partial charge on any atom is -0.618 e. The Morgan fingerprint density at radius 3 is 2.76 bits per heavy atom. The Morgan fingerprint density at radius 2 is 2.00 bits per heavy atom. The molecule has 0 saturated carbocycles. The summed E-state index contributed by atoms with van der Waals surface area (Å²) in [5.74, 6) is -1.21. The summed E-state index contributed by atoms with van der Waals surface area (Å²) in [5, 5.41) is 12.3. The van der Waals surface area contributed by atoms with E-state index >= 15 is 0 Å². The highest BCUT2D eigenvalue weighted by molar-refractivity contribution is 7.18. The first-order valence-electron chi connectivity index (χ1n) is 7.48. The second kappa shape index (κ2) is 7.27. The highest BCUT2D eigenvalue weighted by atomic mass is 32.1. The van der Waals surface area contributed by atoms with Gasteiger partial charge < -0.3 is 14.8 Å². The van der Waals surface area contributed by atoms with E-state index < -0.39 is 12.6 Å². The molecule has 0 bridgehead atoms. The molecule has 0 atom stereocenters. The van der Waals surface area contributed by atoms with Gasteiger partial charge in [0.25, 0.3) is 5.91 Å². The van der Waals surface area contributed by atoms with E-state index in [0.717, 1.165) is 15.2 Å². The van der Waals surface area contributed by atoms with Gasteiger partial charge in [-0.3, -0.25) is 4.79 Å². The number of carbonyl (C=O) groups excluding carboxylic acids is 2. The van der Waals surface area contributed by atoms with Crippen LogP contribution < -0.4 is 4.73 Å². The lowest BCUT2D eigenvalue weighted by molar-refractivity contribution is -0.608. The molecular weight excluding hydrogens is 342 g/mol. The van der Waals surface area contributed by atoms with Gasteiger partial charge in [0.05, 0.1) is 16.8 Å². The molecule has 3 aromatic rings. The SMILES string of the molecule is CN(Cc1nc2ccccc2s1)C(=O)COC(=O)c1cccc[n+]1[O-]. The molecule has 0 radical (unpaired) electrons. The minimum atomic E-state index is -0.836. The summed E-state index contributed by atoms with van der Waals surface area (Å²) in [5.41, 5.74) is 0.725. The first-order chi connectivity index (χ1) is 12.0. The number of benzene rings is 1. The lowest BCUT2D eigenvalue weighted by Crippen LogP contribution is -2.36. The molecule has 0 aliphatic carbocycles. The van der Waals surface area contributed by atoms with Crippen LogP contribution in [0.5, 0.6) is 0 Å². The van der Waals surface area contributed by atoms with Crippen LogP contribution in [0.4, 0.5) is 0 Å². The Kier molecular flexibility index (Phi) is 4.90. The molecule has 128 valence electrons. The molecule has 2 heterocycles. The van der Waals surface area contributed by atoms with E-state index in [-0.39, 0.29) is 11.6 Å². The summed E-state index contributed by atoms with van der Waals surface area (Å²) in [4.78, 5) is 29.9. The number of likely N-dealkylation sites (N-methyl/N-ethyl adjacent to an activating group) is 1. The van der Waals surface area contributed by atoms with Crippen molar-refractivity contribution in [2.45, 2.75) is 6.54 Å². The van der Waals surface area contributed by atoms with Gasteiger partial charge in [-0.25, -0.2) is 9.78 Å². The first kappa shape index (κ1) is 16.8. The monoisotopic (exact) mass is 357 g/mol. The molecule has 25 heavy (non-hydrogen) atoms. The van der Waals surface area contributed by atoms with Gasteiger partial charge in [-0.1, -0.05) is 12.1 Å². The van der Waals surface area contributed by atoms with E-state index in [1.54, 1.807) is 13.1 Å². The predicted octanol–water partition coefficient (Wildman–Crippen LogP) is 1.75. The van der Waals surface area contributed by atoms with Crippen molar-refractivity contribution in [2.24, 2.45) is 0 Å². The van der Waals surface area contributed by atoms with Crippen LogP contribution in [-0.2, 0) is 16.1 Å². The smallest absolute Gasteiger partial charge is 0.405 e. The van der Waals surface area contributed by atoms with Crippen LogP contribution >= 0.6 is 11.3 Å². The fourth-order valence-corrected chi connectivity index (χ4v) is 3.20. The van der Waals surface area contributed by atoms with Crippen molar-refractivity contribution in [1.82, 2.24) is 9.88 Å². The number of aromatic nitrogens is 2. The second-order valence-corrected chi connectivity index (χ2v) is 6.43. The lowest BCUT2D eigenvalue weighted by atomic mass is 10.3. The summed E-state index contributed by atoms with van der Waals surface area (Å²) in [6, 6.07) is 12.1. The second-order valence-electron chi connectivity index (χ2n) is 5.31. The summed E-state index contributed by atoms with van der Waals surface area (Å²) < 4.78 is 6.37. The van der Waals surface area contributed by atoms with Crippen molar-refractivity contribution >= 4 is 33.4 Å². The average molecular weight is 357 g/mol. The third-order valence-electron chi connectivity index (χ3n) is 3.50. The standard InChI is InChI=1S/C17H15N3O4S/c1-19(10-15-18-12-6-2-3-8-14(12)25-15)16(21)11-24-17(22)13-7-4-5-9-20(13)23/h2-9H,10-11H2,1H3. The van der Waals surface area contributed by atoms with Gasteiger partial charge >= 0.3 is 11.7 Å². The van der Waals surface area contributed by atoms with Crippen LogP contribution in [0.15, 0.2) is 48.7 Å². The Morgan fingerprint density at radius 1 is 1.24 bits per heavy atom. The number of fused-ring (bicyclic) bond motifs is 1. The van der Waals surface area contributed by atoms with Gasteiger partial charge in [-0.2, -0.15) is 4.73 Å². The lowest BCUT2D eigenvalue weighted by Gasteiger charge is -2.15. The number of ether oxygens (including phenoxy) is 1. The molecule has 8 heteroatoms. The highest BCUT2D eigenvalue weighted by Crippen LogP contribution is 2.22. The van der Waals surface area contributed by atoms with Crippen molar-refractivity contribution in [3.63, 3.8) is 0 Å². The van der Waals surface area contributed by atoms with Gasteiger partial charge in [0, 0.05) is 19.2 Å². The normalized spacial score (nSPS) is 10.6. The molecule has 1 amide bonds. The Labute approximate surface area is 147 Å². The summed E-state index contributed by atoms with van der Waals surface area (Å²) in [6.45, 7) is -0.113. The molecule has 3 rings (SSSR count). The van der Waals surface area contributed by atoms with E-state index in [1.165, 1.54) is 34.6 Å². The third-order valence-corrected chi connectivity index (χ3v) is 4.52. The maximum absolute atomic E-state index is 12.1. The molecule has 0 saturated heterocycles. The van der Waals surface area contributed by atoms with E-state index in [0.29, 0.717) is 11.3 Å². The number of hydrogen-bond acceptors (Lipinski definition) is 6. The largest absolute Gasteiger partial charge is 0.618 e. The predicted molar refractivity (Wildman–Crippen MR) is 91.8 cm³/mol. The van der Waals surface area contributed by atoms with Crippen molar-refractivity contribution < 1.29 is 19.1 Å². The van der Waals surface area contributed by atoms with Crippen molar-refractivity contribution in [3.8, 4) is 0 Å². The number of nitrogens with zero attached hydrogens (tertiary/aromatic N) is 3. The molecule has 7 nitrogen and oxygen atoms in total. The Hall–Kier alpha value is -3.00. The number of pyridine rings is 1. The van der Waals surface area contributed by atoms with Gasteiger partial charge in [-0.15, -0.1) is 11.3 Å². The van der Waals surface area contributed by atoms with E-state index in [9.17, 15) is 14.8 Å². The zero-order valence-corrected chi connectivity index (χ0v) is 14.2. The molecule has 0 aliphatic heterocycles. The minimum absolute atomic E-state index is 0.163. The summed E-state index contributed by atoms with van der Waals surface area (Å²) in [7, 11) is 1.61. The number of para-hydroxylation sites is 1. The molecule has 0 spiro atoms. The van der Waals surface area contributed by atoms with E-state index in [2.05, 4.69) is 4.98 Å².